The Kier molecular flexibility index (Phi) is 4.49. The minimum Gasteiger partial charge on any atom is -0.307 e. The lowest BCUT2D eigenvalue weighted by molar-refractivity contribution is 0.684. The van der Waals surface area contributed by atoms with Crippen molar-refractivity contribution < 1.29 is 4.21 Å². The number of pyridine rings is 1. The molecule has 0 aliphatic carbocycles. The third-order valence-electron chi connectivity index (χ3n) is 3.43. The highest BCUT2D eigenvalue weighted by Gasteiger charge is 2.06. The van der Waals surface area contributed by atoms with Gasteiger partial charge in [-0.2, -0.15) is 0 Å². The molecular weight excluding hydrogens is 292 g/mol. The number of aryl methyl sites for hydroxylation is 1. The Morgan fingerprint density at radius 3 is 2.77 bits per heavy atom. The highest BCUT2D eigenvalue weighted by molar-refractivity contribution is 7.84. The fraction of sp³-hybridized carbons (Fsp3) is 0.167. The zero-order valence-corrected chi connectivity index (χ0v) is 13.3. The molecular formula is C18H18N2OS. The molecule has 0 aliphatic rings. The van der Waals surface area contributed by atoms with Gasteiger partial charge in [0.15, 0.2) is 0 Å². The van der Waals surface area contributed by atoms with E-state index in [1.807, 2.05) is 78.3 Å². The molecule has 0 saturated heterocycles. The van der Waals surface area contributed by atoms with E-state index in [-0.39, 0.29) is 0 Å². The van der Waals surface area contributed by atoms with Gasteiger partial charge in [-0.1, -0.05) is 48.6 Å². The van der Waals surface area contributed by atoms with Gasteiger partial charge >= 0.3 is 0 Å². The molecule has 0 amide bonds. The van der Waals surface area contributed by atoms with Crippen molar-refractivity contribution in [1.82, 2.24) is 9.38 Å². The normalized spacial score (nSPS) is 13.0. The van der Waals surface area contributed by atoms with Gasteiger partial charge in [-0.05, 0) is 24.1 Å². The number of benzene rings is 1. The second-order valence-corrected chi connectivity index (χ2v) is 6.72. The number of nitrogens with zero attached hydrogens (tertiary/aromatic N) is 2. The maximum absolute atomic E-state index is 12.2. The van der Waals surface area contributed by atoms with E-state index >= 15 is 0 Å². The van der Waals surface area contributed by atoms with Gasteiger partial charge in [-0.15, -0.1) is 0 Å². The van der Waals surface area contributed by atoms with Crippen LogP contribution in [-0.4, -0.2) is 19.3 Å². The van der Waals surface area contributed by atoms with Crippen molar-refractivity contribution in [3.8, 4) is 0 Å². The van der Waals surface area contributed by atoms with Crippen molar-refractivity contribution in [1.29, 1.82) is 0 Å². The third-order valence-corrected chi connectivity index (χ3v) is 4.61. The summed E-state index contributed by atoms with van der Waals surface area (Å²) in [6.07, 6.45) is 7.90. The molecule has 2 heterocycles. The molecule has 1 atom stereocenters. The molecule has 0 bridgehead atoms. The molecule has 0 spiro atoms. The van der Waals surface area contributed by atoms with Crippen LogP contribution in [0.4, 0.5) is 0 Å². The highest BCUT2D eigenvalue weighted by atomic mass is 32.2. The van der Waals surface area contributed by atoms with Gasteiger partial charge in [0.25, 0.3) is 0 Å². The fourth-order valence-electron chi connectivity index (χ4n) is 2.35. The van der Waals surface area contributed by atoms with Crippen LogP contribution in [0.1, 0.15) is 16.8 Å². The first kappa shape index (κ1) is 14.7. The molecule has 0 aliphatic heterocycles. The van der Waals surface area contributed by atoms with Crippen molar-refractivity contribution in [2.45, 2.75) is 12.7 Å². The second-order valence-electron chi connectivity index (χ2n) is 5.22. The maximum atomic E-state index is 12.2. The van der Waals surface area contributed by atoms with E-state index in [1.165, 1.54) is 0 Å². The van der Waals surface area contributed by atoms with Gasteiger partial charge in [0.1, 0.15) is 5.65 Å². The molecule has 0 saturated carbocycles. The molecule has 3 nitrogen and oxygen atoms in total. The lowest BCUT2D eigenvalue weighted by Crippen LogP contribution is -1.98. The van der Waals surface area contributed by atoms with Gasteiger partial charge in [0.2, 0.25) is 0 Å². The zero-order chi connectivity index (χ0) is 15.4. The van der Waals surface area contributed by atoms with Crippen LogP contribution in [0.25, 0.3) is 11.7 Å². The minimum atomic E-state index is -0.941. The predicted octanol–water partition coefficient (Wildman–Crippen LogP) is 3.60. The number of fused-ring (bicyclic) bond motifs is 1. The summed E-state index contributed by atoms with van der Waals surface area (Å²) in [5.41, 5.74) is 4.07. The molecule has 4 heteroatoms. The van der Waals surface area contributed by atoms with Crippen LogP contribution in [-0.2, 0) is 16.6 Å². The van der Waals surface area contributed by atoms with Crippen LogP contribution >= 0.6 is 0 Å². The highest BCUT2D eigenvalue weighted by Crippen LogP contribution is 2.11. The molecule has 1 aromatic carbocycles. The first-order valence-electron chi connectivity index (χ1n) is 7.22. The summed E-state index contributed by atoms with van der Waals surface area (Å²) in [6.45, 7) is 2.03. The summed E-state index contributed by atoms with van der Waals surface area (Å²) in [4.78, 5) is 4.56. The lowest BCUT2D eigenvalue weighted by atomic mass is 10.2. The Hall–Kier alpha value is -2.20. The Balaban J connectivity index is 1.63. The van der Waals surface area contributed by atoms with E-state index < -0.39 is 10.8 Å². The van der Waals surface area contributed by atoms with Gasteiger partial charge in [-0.25, -0.2) is 4.98 Å². The molecule has 3 rings (SSSR count). The standard InChI is InChI=1S/C18H18N2OS/c1-15-7-5-11-20-13-17(19-18(15)20)14-22(21)12-6-10-16-8-3-2-4-9-16/h2-11,13H,12,14H2,1H3/b10-6+. The smallest absolute Gasteiger partial charge is 0.139 e. The molecule has 22 heavy (non-hydrogen) atoms. The molecule has 0 N–H and O–H groups in total. The predicted molar refractivity (Wildman–Crippen MR) is 92.1 cm³/mol. The summed E-state index contributed by atoms with van der Waals surface area (Å²) in [5.74, 6) is 1.03. The van der Waals surface area contributed by atoms with E-state index in [9.17, 15) is 4.21 Å². The van der Waals surface area contributed by atoms with E-state index in [1.54, 1.807) is 0 Å². The quantitative estimate of drug-likeness (QED) is 0.721. The van der Waals surface area contributed by atoms with Crippen LogP contribution in [0.3, 0.4) is 0 Å². The number of imidazole rings is 1. The summed E-state index contributed by atoms with van der Waals surface area (Å²) < 4.78 is 14.2. The average Bonchev–Trinajstić information content (AvgIpc) is 2.92. The number of aromatic nitrogens is 2. The van der Waals surface area contributed by atoms with E-state index in [4.69, 9.17) is 0 Å². The van der Waals surface area contributed by atoms with Crippen LogP contribution < -0.4 is 0 Å². The SMILES string of the molecule is Cc1cccn2cc(CS(=O)C/C=C/c3ccccc3)nc12. The Morgan fingerprint density at radius 2 is 2.00 bits per heavy atom. The summed E-state index contributed by atoms with van der Waals surface area (Å²) in [7, 11) is -0.941. The first-order valence-corrected chi connectivity index (χ1v) is 8.71. The van der Waals surface area contributed by atoms with Crippen molar-refractivity contribution in [3.63, 3.8) is 0 Å². The van der Waals surface area contributed by atoms with E-state index in [0.717, 1.165) is 22.5 Å². The second kappa shape index (κ2) is 6.71. The van der Waals surface area contributed by atoms with Crippen molar-refractivity contribution in [3.05, 3.63) is 77.8 Å². The molecule has 112 valence electrons. The third kappa shape index (κ3) is 3.52. The molecule has 2 aromatic heterocycles. The monoisotopic (exact) mass is 310 g/mol. The van der Waals surface area contributed by atoms with Gasteiger partial charge < -0.3 is 4.40 Å². The Bertz CT molecular complexity index is 821. The summed E-state index contributed by atoms with van der Waals surface area (Å²) in [5, 5.41) is 0. The minimum absolute atomic E-state index is 0.486. The van der Waals surface area contributed by atoms with Gasteiger partial charge in [0, 0.05) is 28.9 Å². The van der Waals surface area contributed by atoms with Gasteiger partial charge in [0.05, 0.1) is 11.4 Å². The van der Waals surface area contributed by atoms with Crippen molar-refractivity contribution in [2.75, 3.05) is 5.75 Å². The zero-order valence-electron chi connectivity index (χ0n) is 12.5. The van der Waals surface area contributed by atoms with E-state index in [0.29, 0.717) is 11.5 Å². The molecule has 0 radical (unpaired) electrons. The van der Waals surface area contributed by atoms with Crippen molar-refractivity contribution in [2.24, 2.45) is 0 Å². The first-order chi connectivity index (χ1) is 10.7. The van der Waals surface area contributed by atoms with Crippen LogP contribution in [0.15, 0.2) is 60.9 Å². The van der Waals surface area contributed by atoms with Gasteiger partial charge in [-0.3, -0.25) is 4.21 Å². The fourth-order valence-corrected chi connectivity index (χ4v) is 3.25. The Labute approximate surface area is 132 Å². The largest absolute Gasteiger partial charge is 0.307 e. The van der Waals surface area contributed by atoms with Crippen LogP contribution in [0.5, 0.6) is 0 Å². The van der Waals surface area contributed by atoms with Crippen LogP contribution in [0.2, 0.25) is 0 Å². The summed E-state index contributed by atoms with van der Waals surface area (Å²) >= 11 is 0. The number of hydrogen-bond donors (Lipinski definition) is 0. The lowest BCUT2D eigenvalue weighted by Gasteiger charge is -1.95. The number of rotatable bonds is 5. The topological polar surface area (TPSA) is 34.4 Å². The van der Waals surface area contributed by atoms with Crippen molar-refractivity contribution >= 4 is 22.5 Å². The summed E-state index contributed by atoms with van der Waals surface area (Å²) in [6, 6.07) is 14.1. The van der Waals surface area contributed by atoms with E-state index in [2.05, 4.69) is 4.98 Å². The molecule has 1 unspecified atom stereocenters. The molecule has 0 fully saturated rings. The molecule has 3 aromatic rings. The number of hydrogen-bond acceptors (Lipinski definition) is 2. The Morgan fingerprint density at radius 1 is 1.18 bits per heavy atom. The van der Waals surface area contributed by atoms with Crippen LogP contribution in [0, 0.1) is 6.92 Å². The average molecular weight is 310 g/mol. The maximum Gasteiger partial charge on any atom is 0.139 e.